The predicted molar refractivity (Wildman–Crippen MR) is 71.1 cm³/mol. The summed E-state index contributed by atoms with van der Waals surface area (Å²) in [5, 5.41) is 13.4. The van der Waals surface area contributed by atoms with E-state index in [1.807, 2.05) is 6.92 Å². The molecule has 0 aliphatic carbocycles. The fourth-order valence-corrected chi connectivity index (χ4v) is 1.49. The van der Waals surface area contributed by atoms with Crippen LogP contribution in [-0.2, 0) is 9.53 Å². The smallest absolute Gasteiger partial charge is 0.293 e. The van der Waals surface area contributed by atoms with Gasteiger partial charge < -0.3 is 15.8 Å². The van der Waals surface area contributed by atoms with Crippen LogP contribution in [0.15, 0.2) is 12.1 Å². The van der Waals surface area contributed by atoms with Gasteiger partial charge in [-0.1, -0.05) is 0 Å². The van der Waals surface area contributed by atoms with Gasteiger partial charge in [-0.25, -0.2) is 0 Å². The van der Waals surface area contributed by atoms with E-state index in [4.69, 9.17) is 10.5 Å². The third-order valence-corrected chi connectivity index (χ3v) is 2.58. The molecule has 7 heteroatoms. The average molecular weight is 267 g/mol. The van der Waals surface area contributed by atoms with Crippen LogP contribution in [0.5, 0.6) is 0 Å². The summed E-state index contributed by atoms with van der Waals surface area (Å²) in [6, 6.07) is 3.01. The van der Waals surface area contributed by atoms with Crippen molar-refractivity contribution in [2.45, 2.75) is 13.8 Å². The molecule has 0 fully saturated rings. The maximum Gasteiger partial charge on any atom is 0.293 e. The second-order valence-corrected chi connectivity index (χ2v) is 4.10. The molecule has 0 radical (unpaired) electrons. The second kappa shape index (κ2) is 6.81. The van der Waals surface area contributed by atoms with Gasteiger partial charge in [-0.15, -0.1) is 0 Å². The molecule has 7 nitrogen and oxygen atoms in total. The summed E-state index contributed by atoms with van der Waals surface area (Å²) in [5.41, 5.74) is 6.93. The van der Waals surface area contributed by atoms with Gasteiger partial charge in [0.05, 0.1) is 11.5 Å². The van der Waals surface area contributed by atoms with Crippen molar-refractivity contribution in [1.82, 2.24) is 0 Å². The van der Waals surface area contributed by atoms with Gasteiger partial charge in [0.25, 0.3) is 11.6 Å². The number of carbonyl (C=O) groups excluding carboxylic acids is 1. The molecule has 0 spiro atoms. The summed E-state index contributed by atoms with van der Waals surface area (Å²) in [4.78, 5) is 22.0. The number of rotatable bonds is 6. The maximum atomic E-state index is 11.6. The summed E-state index contributed by atoms with van der Waals surface area (Å²) < 4.78 is 4.96. The number of nitro benzene ring substituents is 1. The van der Waals surface area contributed by atoms with Gasteiger partial charge in [0, 0.05) is 12.6 Å². The van der Waals surface area contributed by atoms with Crippen LogP contribution in [0.2, 0.25) is 0 Å². The SMILES string of the molecule is Cc1cc(NC(=O)COCCN)c([N+](=O)[O-])cc1C. The highest BCUT2D eigenvalue weighted by atomic mass is 16.6. The van der Waals surface area contributed by atoms with E-state index in [-0.39, 0.29) is 24.6 Å². The van der Waals surface area contributed by atoms with Crippen LogP contribution >= 0.6 is 0 Å². The first-order valence-electron chi connectivity index (χ1n) is 5.79. The Labute approximate surface area is 110 Å². The number of carbonyl (C=O) groups is 1. The van der Waals surface area contributed by atoms with E-state index in [1.54, 1.807) is 13.0 Å². The molecule has 1 amide bonds. The van der Waals surface area contributed by atoms with Crippen molar-refractivity contribution >= 4 is 17.3 Å². The van der Waals surface area contributed by atoms with Gasteiger partial charge in [0.2, 0.25) is 0 Å². The van der Waals surface area contributed by atoms with Gasteiger partial charge in [-0.05, 0) is 31.0 Å². The summed E-state index contributed by atoms with van der Waals surface area (Å²) in [6.07, 6.45) is 0. The van der Waals surface area contributed by atoms with E-state index in [1.165, 1.54) is 6.07 Å². The number of aryl methyl sites for hydroxylation is 2. The Balaban J connectivity index is 2.84. The molecule has 0 aliphatic rings. The maximum absolute atomic E-state index is 11.6. The number of nitrogens with two attached hydrogens (primary N) is 1. The lowest BCUT2D eigenvalue weighted by molar-refractivity contribution is -0.384. The standard InChI is InChI=1S/C12H17N3O4/c1-8-5-10(11(15(17)18)6-9(8)2)14-12(16)7-19-4-3-13/h5-6H,3-4,7,13H2,1-2H3,(H,14,16). The molecule has 1 aromatic carbocycles. The quantitative estimate of drug-likeness (QED) is 0.456. The Morgan fingerprint density at radius 1 is 1.42 bits per heavy atom. The van der Waals surface area contributed by atoms with Gasteiger partial charge in [0.15, 0.2) is 0 Å². The number of nitrogens with zero attached hydrogens (tertiary/aromatic N) is 1. The van der Waals surface area contributed by atoms with E-state index >= 15 is 0 Å². The minimum Gasteiger partial charge on any atom is -0.370 e. The average Bonchev–Trinajstić information content (AvgIpc) is 2.33. The van der Waals surface area contributed by atoms with Gasteiger partial charge in [0.1, 0.15) is 12.3 Å². The van der Waals surface area contributed by atoms with E-state index in [9.17, 15) is 14.9 Å². The highest BCUT2D eigenvalue weighted by Crippen LogP contribution is 2.27. The van der Waals surface area contributed by atoms with Crippen LogP contribution in [0.25, 0.3) is 0 Å². The van der Waals surface area contributed by atoms with Crippen molar-refractivity contribution in [2.24, 2.45) is 5.73 Å². The second-order valence-electron chi connectivity index (χ2n) is 4.10. The molecule has 104 valence electrons. The summed E-state index contributed by atoms with van der Waals surface area (Å²) >= 11 is 0. The molecule has 0 saturated carbocycles. The number of benzene rings is 1. The van der Waals surface area contributed by atoms with Crippen molar-refractivity contribution < 1.29 is 14.5 Å². The topological polar surface area (TPSA) is 107 Å². The first-order valence-corrected chi connectivity index (χ1v) is 5.79. The summed E-state index contributed by atoms with van der Waals surface area (Å²) in [5.74, 6) is -0.445. The first-order chi connectivity index (χ1) is 8.95. The Morgan fingerprint density at radius 3 is 2.63 bits per heavy atom. The molecule has 0 heterocycles. The molecular weight excluding hydrogens is 250 g/mol. The van der Waals surface area contributed by atoms with Crippen molar-refractivity contribution in [3.05, 3.63) is 33.4 Å². The first kappa shape index (κ1) is 15.1. The van der Waals surface area contributed by atoms with Crippen molar-refractivity contribution in [1.29, 1.82) is 0 Å². The molecule has 3 N–H and O–H groups in total. The zero-order chi connectivity index (χ0) is 14.4. The number of anilines is 1. The predicted octanol–water partition coefficient (Wildman–Crippen LogP) is 1.13. The van der Waals surface area contributed by atoms with Crippen LogP contribution in [0, 0.1) is 24.0 Å². The number of hydrogen-bond donors (Lipinski definition) is 2. The summed E-state index contributed by atoms with van der Waals surface area (Å²) in [6.45, 7) is 4.00. The van der Waals surface area contributed by atoms with E-state index in [0.717, 1.165) is 11.1 Å². The van der Waals surface area contributed by atoms with Crippen molar-refractivity contribution in [3.63, 3.8) is 0 Å². The molecule has 0 aromatic heterocycles. The number of hydrogen-bond acceptors (Lipinski definition) is 5. The zero-order valence-electron chi connectivity index (χ0n) is 10.9. The fraction of sp³-hybridized carbons (Fsp3) is 0.417. The fourth-order valence-electron chi connectivity index (χ4n) is 1.49. The van der Waals surface area contributed by atoms with Crippen molar-refractivity contribution in [3.8, 4) is 0 Å². The number of nitro groups is 1. The lowest BCUT2D eigenvalue weighted by Gasteiger charge is -2.09. The third kappa shape index (κ3) is 4.31. The third-order valence-electron chi connectivity index (χ3n) is 2.58. The normalized spacial score (nSPS) is 10.3. The Morgan fingerprint density at radius 2 is 2.05 bits per heavy atom. The molecule has 0 aliphatic heterocycles. The molecular formula is C12H17N3O4. The Kier molecular flexibility index (Phi) is 5.40. The molecule has 0 saturated heterocycles. The molecule has 1 rings (SSSR count). The van der Waals surface area contributed by atoms with Crippen LogP contribution in [-0.4, -0.2) is 30.6 Å². The van der Waals surface area contributed by atoms with Crippen molar-refractivity contribution in [2.75, 3.05) is 25.1 Å². The zero-order valence-corrected chi connectivity index (χ0v) is 10.9. The Hall–Kier alpha value is -1.99. The highest BCUT2D eigenvalue weighted by Gasteiger charge is 2.17. The van der Waals surface area contributed by atoms with E-state index in [2.05, 4.69) is 5.32 Å². The van der Waals surface area contributed by atoms with E-state index in [0.29, 0.717) is 6.54 Å². The molecule has 0 bridgehead atoms. The van der Waals surface area contributed by atoms with Gasteiger partial charge in [-0.2, -0.15) is 0 Å². The summed E-state index contributed by atoms with van der Waals surface area (Å²) in [7, 11) is 0. The van der Waals surface area contributed by atoms with E-state index < -0.39 is 10.8 Å². The van der Waals surface area contributed by atoms with Gasteiger partial charge >= 0.3 is 0 Å². The molecule has 1 aromatic rings. The molecule has 0 unspecified atom stereocenters. The lowest BCUT2D eigenvalue weighted by atomic mass is 10.1. The van der Waals surface area contributed by atoms with Gasteiger partial charge in [-0.3, -0.25) is 14.9 Å². The van der Waals surface area contributed by atoms with Crippen LogP contribution < -0.4 is 11.1 Å². The number of ether oxygens (including phenoxy) is 1. The van der Waals surface area contributed by atoms with Crippen LogP contribution in [0.1, 0.15) is 11.1 Å². The highest BCUT2D eigenvalue weighted by molar-refractivity contribution is 5.94. The minimum atomic E-state index is -0.525. The molecule has 0 atom stereocenters. The monoisotopic (exact) mass is 267 g/mol. The Bertz CT molecular complexity index is 488. The minimum absolute atomic E-state index is 0.129. The lowest BCUT2D eigenvalue weighted by Crippen LogP contribution is -2.21. The van der Waals surface area contributed by atoms with Crippen LogP contribution in [0.4, 0.5) is 11.4 Å². The number of nitrogens with one attached hydrogen (secondary N) is 1. The largest absolute Gasteiger partial charge is 0.370 e. The number of amides is 1. The van der Waals surface area contributed by atoms with Crippen LogP contribution in [0.3, 0.4) is 0 Å². The molecule has 19 heavy (non-hydrogen) atoms.